The van der Waals surface area contributed by atoms with Gasteiger partial charge in [0.2, 0.25) is 5.82 Å². The summed E-state index contributed by atoms with van der Waals surface area (Å²) in [6, 6.07) is 17.4. The van der Waals surface area contributed by atoms with Gasteiger partial charge < -0.3 is 9.26 Å². The van der Waals surface area contributed by atoms with E-state index in [0.717, 1.165) is 16.9 Å². The van der Waals surface area contributed by atoms with E-state index in [0.29, 0.717) is 11.7 Å². The van der Waals surface area contributed by atoms with Gasteiger partial charge in [-0.05, 0) is 32.0 Å². The molecular weight excluding hydrogens is 264 g/mol. The summed E-state index contributed by atoms with van der Waals surface area (Å²) >= 11 is 0. The summed E-state index contributed by atoms with van der Waals surface area (Å²) in [6.07, 6.45) is 0.128. The Labute approximate surface area is 123 Å². The number of aromatic nitrogens is 2. The molecule has 1 heterocycles. The Balaban J connectivity index is 1.90. The third-order valence-electron chi connectivity index (χ3n) is 2.91. The summed E-state index contributed by atoms with van der Waals surface area (Å²) < 4.78 is 11.0. The molecule has 0 bridgehead atoms. The van der Waals surface area contributed by atoms with E-state index >= 15 is 0 Å². The van der Waals surface area contributed by atoms with Crippen molar-refractivity contribution in [2.45, 2.75) is 20.0 Å². The molecule has 0 spiro atoms. The molecule has 0 aliphatic rings. The molecule has 0 atom stereocenters. The zero-order valence-electron chi connectivity index (χ0n) is 12.0. The van der Waals surface area contributed by atoms with Gasteiger partial charge in [0.1, 0.15) is 5.75 Å². The second-order valence-corrected chi connectivity index (χ2v) is 4.98. The van der Waals surface area contributed by atoms with Crippen LogP contribution in [0.25, 0.3) is 22.8 Å². The summed E-state index contributed by atoms with van der Waals surface area (Å²) in [4.78, 5) is 4.44. The smallest absolute Gasteiger partial charge is 0.258 e. The highest BCUT2D eigenvalue weighted by Gasteiger charge is 2.11. The van der Waals surface area contributed by atoms with Crippen LogP contribution in [0.15, 0.2) is 59.1 Å². The van der Waals surface area contributed by atoms with Crippen LogP contribution in [-0.2, 0) is 0 Å². The molecular formula is C17H16N2O2. The fourth-order valence-electron chi connectivity index (χ4n) is 2.02. The molecule has 1 aromatic heterocycles. The summed E-state index contributed by atoms with van der Waals surface area (Å²) in [6.45, 7) is 3.99. The van der Waals surface area contributed by atoms with E-state index in [1.165, 1.54) is 0 Å². The highest BCUT2D eigenvalue weighted by molar-refractivity contribution is 5.60. The molecule has 0 saturated heterocycles. The van der Waals surface area contributed by atoms with E-state index in [9.17, 15) is 0 Å². The molecule has 4 nitrogen and oxygen atoms in total. The van der Waals surface area contributed by atoms with Crippen molar-refractivity contribution < 1.29 is 9.26 Å². The molecule has 4 heteroatoms. The lowest BCUT2D eigenvalue weighted by Gasteiger charge is -2.09. The van der Waals surface area contributed by atoms with Gasteiger partial charge in [-0.15, -0.1) is 0 Å². The summed E-state index contributed by atoms with van der Waals surface area (Å²) in [5.41, 5.74) is 1.78. The van der Waals surface area contributed by atoms with Gasteiger partial charge in [-0.25, -0.2) is 0 Å². The zero-order chi connectivity index (χ0) is 14.7. The third-order valence-corrected chi connectivity index (χ3v) is 2.91. The first-order chi connectivity index (χ1) is 10.2. The molecule has 106 valence electrons. The minimum absolute atomic E-state index is 0.128. The van der Waals surface area contributed by atoms with Crippen molar-refractivity contribution >= 4 is 0 Å². The van der Waals surface area contributed by atoms with Gasteiger partial charge in [-0.1, -0.05) is 41.6 Å². The number of nitrogens with zero attached hydrogens (tertiary/aromatic N) is 2. The van der Waals surface area contributed by atoms with Gasteiger partial charge in [0.25, 0.3) is 5.89 Å². The maximum absolute atomic E-state index is 5.68. The van der Waals surface area contributed by atoms with Crippen LogP contribution >= 0.6 is 0 Å². The lowest BCUT2D eigenvalue weighted by atomic mass is 10.2. The minimum Gasteiger partial charge on any atom is -0.491 e. The average Bonchev–Trinajstić information content (AvgIpc) is 2.98. The van der Waals surface area contributed by atoms with Crippen LogP contribution in [0.4, 0.5) is 0 Å². The Hall–Kier alpha value is -2.62. The van der Waals surface area contributed by atoms with E-state index in [2.05, 4.69) is 10.1 Å². The quantitative estimate of drug-likeness (QED) is 0.719. The van der Waals surface area contributed by atoms with Crippen molar-refractivity contribution in [3.05, 3.63) is 54.6 Å². The SMILES string of the molecule is CC(C)Oc1cccc(-c2nc(-c3ccccc3)no2)c1. The Morgan fingerprint density at radius 1 is 0.952 bits per heavy atom. The second kappa shape index (κ2) is 5.79. The molecule has 0 aliphatic carbocycles. The van der Waals surface area contributed by atoms with Gasteiger partial charge in [-0.3, -0.25) is 0 Å². The summed E-state index contributed by atoms with van der Waals surface area (Å²) in [7, 11) is 0. The molecule has 21 heavy (non-hydrogen) atoms. The van der Waals surface area contributed by atoms with Crippen LogP contribution < -0.4 is 4.74 Å². The average molecular weight is 280 g/mol. The first-order valence-electron chi connectivity index (χ1n) is 6.88. The molecule has 0 fully saturated rings. The second-order valence-electron chi connectivity index (χ2n) is 4.98. The molecule has 3 aromatic rings. The number of rotatable bonds is 4. The largest absolute Gasteiger partial charge is 0.491 e. The van der Waals surface area contributed by atoms with Crippen molar-refractivity contribution in [3.63, 3.8) is 0 Å². The van der Waals surface area contributed by atoms with Crippen LogP contribution in [0.5, 0.6) is 5.75 Å². The predicted molar refractivity (Wildman–Crippen MR) is 80.9 cm³/mol. The summed E-state index contributed by atoms with van der Waals surface area (Å²) in [5.74, 6) is 1.87. The van der Waals surface area contributed by atoms with Crippen LogP contribution in [0.1, 0.15) is 13.8 Å². The van der Waals surface area contributed by atoms with Gasteiger partial charge in [0.15, 0.2) is 0 Å². The molecule has 0 saturated carbocycles. The number of hydrogen-bond donors (Lipinski definition) is 0. The van der Waals surface area contributed by atoms with Gasteiger partial charge in [0.05, 0.1) is 6.10 Å². The van der Waals surface area contributed by atoms with E-state index in [-0.39, 0.29) is 6.10 Å². The van der Waals surface area contributed by atoms with E-state index in [1.807, 2.05) is 68.4 Å². The lowest BCUT2D eigenvalue weighted by molar-refractivity contribution is 0.242. The van der Waals surface area contributed by atoms with Crippen molar-refractivity contribution in [1.82, 2.24) is 10.1 Å². The Morgan fingerprint density at radius 2 is 1.71 bits per heavy atom. The first-order valence-corrected chi connectivity index (χ1v) is 6.88. The van der Waals surface area contributed by atoms with Gasteiger partial charge in [-0.2, -0.15) is 4.98 Å². The van der Waals surface area contributed by atoms with E-state index in [1.54, 1.807) is 0 Å². The van der Waals surface area contributed by atoms with Crippen molar-refractivity contribution in [2.24, 2.45) is 0 Å². The van der Waals surface area contributed by atoms with Crippen molar-refractivity contribution in [1.29, 1.82) is 0 Å². The molecule has 0 radical (unpaired) electrons. The molecule has 0 unspecified atom stereocenters. The molecule has 0 amide bonds. The fourth-order valence-corrected chi connectivity index (χ4v) is 2.02. The predicted octanol–water partition coefficient (Wildman–Crippen LogP) is 4.19. The summed E-state index contributed by atoms with van der Waals surface area (Å²) in [5, 5.41) is 4.03. The van der Waals surface area contributed by atoms with Gasteiger partial charge >= 0.3 is 0 Å². The molecule has 3 rings (SSSR count). The third kappa shape index (κ3) is 3.11. The number of hydrogen-bond acceptors (Lipinski definition) is 4. The van der Waals surface area contributed by atoms with Crippen LogP contribution in [0.2, 0.25) is 0 Å². The first kappa shape index (κ1) is 13.4. The van der Waals surface area contributed by atoms with Gasteiger partial charge in [0, 0.05) is 11.1 Å². The Kier molecular flexibility index (Phi) is 3.69. The molecule has 0 N–H and O–H groups in total. The van der Waals surface area contributed by atoms with Crippen molar-refractivity contribution in [2.75, 3.05) is 0 Å². The Bertz CT molecular complexity index is 720. The van der Waals surface area contributed by atoms with Crippen LogP contribution in [0.3, 0.4) is 0 Å². The van der Waals surface area contributed by atoms with E-state index < -0.39 is 0 Å². The van der Waals surface area contributed by atoms with Crippen LogP contribution in [0, 0.1) is 0 Å². The highest BCUT2D eigenvalue weighted by Crippen LogP contribution is 2.25. The number of benzene rings is 2. The minimum atomic E-state index is 0.128. The molecule has 0 aliphatic heterocycles. The monoisotopic (exact) mass is 280 g/mol. The molecule has 2 aromatic carbocycles. The van der Waals surface area contributed by atoms with Crippen molar-refractivity contribution in [3.8, 4) is 28.6 Å². The topological polar surface area (TPSA) is 48.2 Å². The van der Waals surface area contributed by atoms with Crippen LogP contribution in [-0.4, -0.2) is 16.2 Å². The number of ether oxygens (including phenoxy) is 1. The van der Waals surface area contributed by atoms with E-state index in [4.69, 9.17) is 9.26 Å². The highest BCUT2D eigenvalue weighted by atomic mass is 16.5. The standard InChI is InChI=1S/C17H16N2O2/c1-12(2)20-15-10-6-9-14(11-15)17-18-16(19-21-17)13-7-4-3-5-8-13/h3-12H,1-2H3. The Morgan fingerprint density at radius 3 is 2.48 bits per heavy atom. The normalized spacial score (nSPS) is 10.8. The maximum atomic E-state index is 5.68. The fraction of sp³-hybridized carbons (Fsp3) is 0.176. The lowest BCUT2D eigenvalue weighted by Crippen LogP contribution is -2.05. The maximum Gasteiger partial charge on any atom is 0.258 e. The zero-order valence-corrected chi connectivity index (χ0v) is 12.0.